The molecule has 11 heteroatoms. The molecule has 0 aliphatic heterocycles. The van der Waals surface area contributed by atoms with E-state index in [0.717, 1.165) is 10.6 Å². The van der Waals surface area contributed by atoms with Gasteiger partial charge in [-0.2, -0.15) is 0 Å². The molecule has 0 aliphatic rings. The lowest BCUT2D eigenvalue weighted by molar-refractivity contribution is -0.274. The number of hydrogen-bond donors (Lipinski definition) is 2. The first kappa shape index (κ1) is 22.0. The molecule has 1 amide bonds. The van der Waals surface area contributed by atoms with Crippen molar-refractivity contribution in [2.24, 2.45) is 5.41 Å². The van der Waals surface area contributed by atoms with Crippen LogP contribution in [0.25, 0.3) is 10.6 Å². The van der Waals surface area contributed by atoms with Crippen molar-refractivity contribution in [1.82, 2.24) is 9.97 Å². The van der Waals surface area contributed by atoms with E-state index in [4.69, 9.17) is 0 Å². The zero-order chi connectivity index (χ0) is 22.1. The molecule has 0 saturated carbocycles. The third-order valence-electron chi connectivity index (χ3n) is 3.77. The van der Waals surface area contributed by atoms with Crippen LogP contribution in [0.4, 0.5) is 29.1 Å². The number of benzene rings is 1. The summed E-state index contributed by atoms with van der Waals surface area (Å²) >= 11 is 2.68. The second-order valence-electron chi connectivity index (χ2n) is 7.37. The summed E-state index contributed by atoms with van der Waals surface area (Å²) in [5.74, 6) is -0.417. The van der Waals surface area contributed by atoms with Gasteiger partial charge in [0.1, 0.15) is 5.75 Å². The van der Waals surface area contributed by atoms with Gasteiger partial charge >= 0.3 is 6.36 Å². The van der Waals surface area contributed by atoms with Gasteiger partial charge in [0.25, 0.3) is 0 Å². The van der Waals surface area contributed by atoms with E-state index in [1.165, 1.54) is 46.9 Å². The van der Waals surface area contributed by atoms with E-state index in [1.54, 1.807) is 0 Å². The summed E-state index contributed by atoms with van der Waals surface area (Å²) < 4.78 is 40.6. The summed E-state index contributed by atoms with van der Waals surface area (Å²) in [7, 11) is 0. The van der Waals surface area contributed by atoms with Crippen LogP contribution < -0.4 is 15.4 Å². The third-order valence-corrected chi connectivity index (χ3v) is 5.63. The van der Waals surface area contributed by atoms with Crippen molar-refractivity contribution in [2.75, 3.05) is 10.6 Å². The van der Waals surface area contributed by atoms with Crippen LogP contribution in [0.15, 0.2) is 29.6 Å². The van der Waals surface area contributed by atoms with E-state index in [-0.39, 0.29) is 11.7 Å². The van der Waals surface area contributed by atoms with Crippen molar-refractivity contribution in [3.05, 3.63) is 35.3 Å². The van der Waals surface area contributed by atoms with Gasteiger partial charge < -0.3 is 15.4 Å². The number of ether oxygens (including phenoxy) is 1. The van der Waals surface area contributed by atoms with Crippen LogP contribution in [0.1, 0.15) is 26.5 Å². The number of carbonyl (C=O) groups is 1. The Kier molecular flexibility index (Phi) is 6.04. The molecule has 2 N–H and O–H groups in total. The first-order valence-corrected chi connectivity index (χ1v) is 10.5. The average Bonchev–Trinajstić information content (AvgIpc) is 3.21. The number of carbonyl (C=O) groups excluding carboxylic acids is 1. The molecule has 2 heterocycles. The summed E-state index contributed by atoms with van der Waals surface area (Å²) in [5, 5.41) is 8.79. The lowest BCUT2D eigenvalue weighted by Gasteiger charge is -2.15. The minimum absolute atomic E-state index is 0.124. The molecular formula is C19H19F3N4O2S2. The summed E-state index contributed by atoms with van der Waals surface area (Å²) in [4.78, 5) is 21.9. The van der Waals surface area contributed by atoms with E-state index in [9.17, 15) is 18.0 Å². The maximum atomic E-state index is 12.2. The van der Waals surface area contributed by atoms with E-state index < -0.39 is 11.8 Å². The van der Waals surface area contributed by atoms with Crippen LogP contribution in [0.2, 0.25) is 0 Å². The smallest absolute Gasteiger partial charge is 0.406 e. The Bertz CT molecular complexity index is 1040. The molecule has 0 aliphatic carbocycles. The first-order valence-electron chi connectivity index (χ1n) is 8.78. The largest absolute Gasteiger partial charge is 0.573 e. The van der Waals surface area contributed by atoms with Crippen molar-refractivity contribution in [3.63, 3.8) is 0 Å². The van der Waals surface area contributed by atoms with E-state index in [1.807, 2.05) is 33.1 Å². The number of amides is 1. The van der Waals surface area contributed by atoms with Crippen LogP contribution in [0.5, 0.6) is 5.75 Å². The minimum Gasteiger partial charge on any atom is -0.406 e. The monoisotopic (exact) mass is 456 g/mol. The van der Waals surface area contributed by atoms with Crippen LogP contribution in [-0.2, 0) is 4.79 Å². The quantitative estimate of drug-likeness (QED) is 0.478. The Morgan fingerprint density at radius 1 is 1.07 bits per heavy atom. The maximum Gasteiger partial charge on any atom is 0.573 e. The molecular weight excluding hydrogens is 437 g/mol. The Hall–Kier alpha value is -2.66. The summed E-state index contributed by atoms with van der Waals surface area (Å²) in [6.45, 7) is 7.31. The summed E-state index contributed by atoms with van der Waals surface area (Å²) in [6, 6.07) is 5.39. The molecule has 1 aromatic carbocycles. The topological polar surface area (TPSA) is 76.1 Å². The number of anilines is 3. The molecule has 160 valence electrons. The van der Waals surface area contributed by atoms with Crippen LogP contribution in [0, 0.1) is 12.3 Å². The molecule has 0 bridgehead atoms. The Balaban J connectivity index is 1.70. The van der Waals surface area contributed by atoms with Crippen molar-refractivity contribution >= 4 is 44.5 Å². The lowest BCUT2D eigenvalue weighted by Crippen LogP contribution is -2.27. The number of hydrogen-bond acceptors (Lipinski definition) is 7. The second kappa shape index (κ2) is 8.23. The number of aromatic nitrogens is 2. The molecule has 0 unspecified atom stereocenters. The van der Waals surface area contributed by atoms with Crippen molar-refractivity contribution in [1.29, 1.82) is 0 Å². The predicted octanol–water partition coefficient (Wildman–Crippen LogP) is 6.20. The molecule has 30 heavy (non-hydrogen) atoms. The number of nitrogens with one attached hydrogen (secondary N) is 2. The second-order valence-corrected chi connectivity index (χ2v) is 9.23. The van der Waals surface area contributed by atoms with Crippen LogP contribution in [-0.4, -0.2) is 22.2 Å². The Labute approximate surface area is 179 Å². The molecule has 0 radical (unpaired) electrons. The third kappa shape index (κ3) is 5.70. The van der Waals surface area contributed by atoms with Gasteiger partial charge in [-0.15, -0.1) is 24.5 Å². The zero-order valence-electron chi connectivity index (χ0n) is 16.5. The van der Waals surface area contributed by atoms with Crippen molar-refractivity contribution < 1.29 is 22.7 Å². The predicted molar refractivity (Wildman–Crippen MR) is 112 cm³/mol. The molecule has 3 rings (SSSR count). The molecule has 3 aromatic rings. The normalized spacial score (nSPS) is 12.0. The summed E-state index contributed by atoms with van der Waals surface area (Å²) in [6.07, 6.45) is -4.73. The number of halogens is 3. The number of nitrogens with zero attached hydrogens (tertiary/aromatic N) is 2. The van der Waals surface area contributed by atoms with Gasteiger partial charge in [0.05, 0.1) is 16.3 Å². The fourth-order valence-electron chi connectivity index (χ4n) is 2.27. The van der Waals surface area contributed by atoms with E-state index >= 15 is 0 Å². The molecule has 6 nitrogen and oxygen atoms in total. The number of aryl methyl sites for hydroxylation is 1. The lowest BCUT2D eigenvalue weighted by atomic mass is 9.96. The van der Waals surface area contributed by atoms with Gasteiger partial charge in [-0.1, -0.05) is 32.1 Å². The zero-order valence-corrected chi connectivity index (χ0v) is 18.2. The molecule has 2 aromatic heterocycles. The Morgan fingerprint density at radius 2 is 1.73 bits per heavy atom. The highest BCUT2D eigenvalue weighted by Gasteiger charge is 2.31. The van der Waals surface area contributed by atoms with Gasteiger partial charge in [0.15, 0.2) is 10.3 Å². The van der Waals surface area contributed by atoms with E-state index in [0.29, 0.717) is 21.6 Å². The highest BCUT2D eigenvalue weighted by molar-refractivity contribution is 7.20. The van der Waals surface area contributed by atoms with Gasteiger partial charge in [0.2, 0.25) is 5.91 Å². The Morgan fingerprint density at radius 3 is 2.33 bits per heavy atom. The number of thiazole rings is 2. The number of rotatable bonds is 5. The summed E-state index contributed by atoms with van der Waals surface area (Å²) in [5.41, 5.74) is 1.49. The molecule has 0 atom stereocenters. The van der Waals surface area contributed by atoms with Crippen LogP contribution >= 0.6 is 22.7 Å². The first-order chi connectivity index (χ1) is 13.9. The minimum atomic E-state index is -4.73. The van der Waals surface area contributed by atoms with E-state index in [2.05, 4.69) is 25.3 Å². The van der Waals surface area contributed by atoms with Gasteiger partial charge in [-0.25, -0.2) is 9.97 Å². The molecule has 0 spiro atoms. The fourth-order valence-corrected chi connectivity index (χ4v) is 3.99. The van der Waals surface area contributed by atoms with Crippen LogP contribution in [0.3, 0.4) is 0 Å². The highest BCUT2D eigenvalue weighted by atomic mass is 32.1. The molecule has 0 saturated heterocycles. The van der Waals surface area contributed by atoms with Gasteiger partial charge in [-0.05, 0) is 31.2 Å². The maximum absolute atomic E-state index is 12.2. The standard InChI is InChI=1S/C19H19F3N4O2S2/c1-10-14(30-17(23-10)26-15(27)18(2,3)4)13-9-29-16(25-13)24-11-5-7-12(8-6-11)28-19(20,21)22/h5-9H,1-4H3,(H,24,25)(H,23,26,27). The van der Waals surface area contributed by atoms with Crippen molar-refractivity contribution in [2.45, 2.75) is 34.1 Å². The average molecular weight is 457 g/mol. The fraction of sp³-hybridized carbons (Fsp3) is 0.316. The molecule has 0 fully saturated rings. The SMILES string of the molecule is Cc1nc(NC(=O)C(C)(C)C)sc1-c1csc(Nc2ccc(OC(F)(F)F)cc2)n1. The van der Waals surface area contributed by atoms with Gasteiger partial charge in [0, 0.05) is 16.5 Å². The van der Waals surface area contributed by atoms with Crippen molar-refractivity contribution in [3.8, 4) is 16.3 Å². The highest BCUT2D eigenvalue weighted by Crippen LogP contribution is 2.36. The number of alkyl halides is 3. The van der Waals surface area contributed by atoms with Gasteiger partial charge in [-0.3, -0.25) is 4.79 Å².